The number of para-hydroxylation sites is 1. The Balaban J connectivity index is 2.33. The van der Waals surface area contributed by atoms with Crippen LogP contribution in [0.2, 0.25) is 0 Å². The van der Waals surface area contributed by atoms with Crippen LogP contribution in [0.5, 0.6) is 0 Å². The number of aryl methyl sites for hydroxylation is 1. The third-order valence-corrected chi connectivity index (χ3v) is 4.20. The number of nitrogens with zero attached hydrogens (tertiary/aromatic N) is 1. The molecule has 0 saturated heterocycles. The van der Waals surface area contributed by atoms with E-state index in [2.05, 4.69) is 5.32 Å². The van der Waals surface area contributed by atoms with E-state index >= 15 is 0 Å². The van der Waals surface area contributed by atoms with Crippen molar-refractivity contribution in [3.63, 3.8) is 0 Å². The van der Waals surface area contributed by atoms with Crippen LogP contribution in [-0.2, 0) is 17.8 Å². The minimum atomic E-state index is -0.785. The van der Waals surface area contributed by atoms with Crippen LogP contribution < -0.4 is 10.9 Å². The maximum Gasteiger partial charge on any atom is 0.252 e. The molecule has 1 N–H and O–H groups in total. The van der Waals surface area contributed by atoms with Gasteiger partial charge in [-0.1, -0.05) is 18.2 Å². The fourth-order valence-electron chi connectivity index (χ4n) is 2.21. The van der Waals surface area contributed by atoms with E-state index in [4.69, 9.17) is 0 Å². The molecule has 0 fully saturated rings. The second-order valence-electron chi connectivity index (χ2n) is 5.08. The van der Waals surface area contributed by atoms with Crippen molar-refractivity contribution in [2.24, 2.45) is 7.05 Å². The summed E-state index contributed by atoms with van der Waals surface area (Å²) >= 11 is 0. The van der Waals surface area contributed by atoms with Gasteiger partial charge < -0.3 is 9.88 Å². The van der Waals surface area contributed by atoms with Gasteiger partial charge in [0, 0.05) is 53.0 Å². The van der Waals surface area contributed by atoms with Crippen LogP contribution in [0.1, 0.15) is 13.3 Å². The molecule has 0 saturated carbocycles. The molecule has 0 aliphatic carbocycles. The fraction of sp³-hybridized carbons (Fsp3) is 0.400. The van der Waals surface area contributed by atoms with Crippen molar-refractivity contribution in [3.8, 4) is 0 Å². The van der Waals surface area contributed by atoms with Gasteiger partial charge in [-0.15, -0.1) is 0 Å². The second kappa shape index (κ2) is 6.22. The number of hydrogen-bond donors (Lipinski definition) is 1. The lowest BCUT2D eigenvalue weighted by Gasteiger charge is -2.17. The SMILES string of the molecule is CC(CCS(C)=O)Nc1cc(=O)n(C)c2ccccc12. The highest BCUT2D eigenvalue weighted by molar-refractivity contribution is 7.84. The molecule has 0 amide bonds. The number of pyridine rings is 1. The Hall–Kier alpha value is -1.62. The highest BCUT2D eigenvalue weighted by atomic mass is 32.2. The molecule has 1 aromatic heterocycles. The third kappa shape index (κ3) is 3.28. The highest BCUT2D eigenvalue weighted by Gasteiger charge is 2.09. The first kappa shape index (κ1) is 14.8. The third-order valence-electron chi connectivity index (χ3n) is 3.39. The number of benzene rings is 1. The molecule has 5 heteroatoms. The van der Waals surface area contributed by atoms with Gasteiger partial charge in [-0.2, -0.15) is 0 Å². The first-order valence-corrected chi connectivity index (χ1v) is 8.37. The molecular formula is C15H20N2O2S. The summed E-state index contributed by atoms with van der Waals surface area (Å²) in [6.45, 7) is 2.04. The average Bonchev–Trinajstić information content (AvgIpc) is 2.42. The van der Waals surface area contributed by atoms with Gasteiger partial charge in [0.05, 0.1) is 5.52 Å². The first-order valence-electron chi connectivity index (χ1n) is 6.64. The molecule has 0 aliphatic rings. The van der Waals surface area contributed by atoms with Gasteiger partial charge in [-0.3, -0.25) is 9.00 Å². The van der Waals surface area contributed by atoms with Crippen molar-refractivity contribution in [3.05, 3.63) is 40.7 Å². The summed E-state index contributed by atoms with van der Waals surface area (Å²) < 4.78 is 12.8. The van der Waals surface area contributed by atoms with Crippen LogP contribution in [0.15, 0.2) is 35.1 Å². The van der Waals surface area contributed by atoms with Crippen LogP contribution >= 0.6 is 0 Å². The predicted molar refractivity (Wildman–Crippen MR) is 85.8 cm³/mol. The molecule has 0 aliphatic heterocycles. The minimum Gasteiger partial charge on any atom is -0.382 e. The Kier molecular flexibility index (Phi) is 4.60. The lowest BCUT2D eigenvalue weighted by Crippen LogP contribution is -2.22. The minimum absolute atomic E-state index is 0.0301. The Labute approximate surface area is 121 Å². The number of aromatic nitrogens is 1. The van der Waals surface area contributed by atoms with Crippen LogP contribution in [0.25, 0.3) is 10.9 Å². The Morgan fingerprint density at radius 3 is 2.75 bits per heavy atom. The molecule has 4 nitrogen and oxygen atoms in total. The van der Waals surface area contributed by atoms with Crippen LogP contribution in [0.4, 0.5) is 5.69 Å². The van der Waals surface area contributed by atoms with E-state index < -0.39 is 10.8 Å². The summed E-state index contributed by atoms with van der Waals surface area (Å²) in [5.41, 5.74) is 1.73. The fourth-order valence-corrected chi connectivity index (χ4v) is 2.90. The van der Waals surface area contributed by atoms with E-state index in [1.807, 2.05) is 31.2 Å². The quantitative estimate of drug-likeness (QED) is 0.918. The molecule has 0 bridgehead atoms. The zero-order valence-electron chi connectivity index (χ0n) is 12.1. The van der Waals surface area contributed by atoms with E-state index in [-0.39, 0.29) is 11.6 Å². The van der Waals surface area contributed by atoms with Gasteiger partial charge in [0.2, 0.25) is 0 Å². The number of nitrogens with one attached hydrogen (secondary N) is 1. The van der Waals surface area contributed by atoms with Gasteiger partial charge in [-0.25, -0.2) is 0 Å². The van der Waals surface area contributed by atoms with E-state index in [0.29, 0.717) is 5.75 Å². The molecular weight excluding hydrogens is 272 g/mol. The van der Waals surface area contributed by atoms with Gasteiger partial charge >= 0.3 is 0 Å². The molecule has 0 radical (unpaired) electrons. The summed E-state index contributed by atoms with van der Waals surface area (Å²) in [5.74, 6) is 0.664. The zero-order chi connectivity index (χ0) is 14.7. The number of rotatable bonds is 5. The van der Waals surface area contributed by atoms with Crippen molar-refractivity contribution in [2.75, 3.05) is 17.3 Å². The second-order valence-corrected chi connectivity index (χ2v) is 6.64. The number of anilines is 1. The predicted octanol–water partition coefficient (Wildman–Crippen LogP) is 2.11. The Morgan fingerprint density at radius 2 is 2.05 bits per heavy atom. The number of fused-ring (bicyclic) bond motifs is 1. The average molecular weight is 292 g/mol. The lowest BCUT2D eigenvalue weighted by atomic mass is 10.1. The van der Waals surface area contributed by atoms with Crippen LogP contribution in [0.3, 0.4) is 0 Å². The van der Waals surface area contributed by atoms with Crippen LogP contribution in [-0.4, -0.2) is 26.8 Å². The van der Waals surface area contributed by atoms with E-state index in [0.717, 1.165) is 23.0 Å². The molecule has 0 spiro atoms. The van der Waals surface area contributed by atoms with Crippen molar-refractivity contribution in [1.29, 1.82) is 0 Å². The van der Waals surface area contributed by atoms with Gasteiger partial charge in [-0.05, 0) is 19.4 Å². The molecule has 108 valence electrons. The molecule has 2 rings (SSSR count). The van der Waals surface area contributed by atoms with Gasteiger partial charge in [0.15, 0.2) is 0 Å². The van der Waals surface area contributed by atoms with Crippen molar-refractivity contribution in [2.45, 2.75) is 19.4 Å². The molecule has 2 atom stereocenters. The molecule has 2 unspecified atom stereocenters. The number of hydrogen-bond acceptors (Lipinski definition) is 3. The molecule has 1 heterocycles. The van der Waals surface area contributed by atoms with Crippen LogP contribution in [0, 0.1) is 0 Å². The largest absolute Gasteiger partial charge is 0.382 e. The van der Waals surface area contributed by atoms with E-state index in [1.54, 1.807) is 23.9 Å². The molecule has 20 heavy (non-hydrogen) atoms. The molecule has 1 aromatic carbocycles. The summed E-state index contributed by atoms with van der Waals surface area (Å²) in [6, 6.07) is 9.63. The monoisotopic (exact) mass is 292 g/mol. The smallest absolute Gasteiger partial charge is 0.252 e. The first-order chi connectivity index (χ1) is 9.49. The maximum atomic E-state index is 12.0. The van der Waals surface area contributed by atoms with Crippen molar-refractivity contribution in [1.82, 2.24) is 4.57 Å². The summed E-state index contributed by atoms with van der Waals surface area (Å²) in [5, 5.41) is 4.39. The zero-order valence-corrected chi connectivity index (χ0v) is 12.9. The summed E-state index contributed by atoms with van der Waals surface area (Å²) in [6.07, 6.45) is 2.52. The Bertz CT molecular complexity index is 694. The summed E-state index contributed by atoms with van der Waals surface area (Å²) in [4.78, 5) is 12.0. The molecule has 2 aromatic rings. The lowest BCUT2D eigenvalue weighted by molar-refractivity contribution is 0.678. The van der Waals surface area contributed by atoms with Gasteiger partial charge in [0.1, 0.15) is 0 Å². The Morgan fingerprint density at radius 1 is 1.35 bits per heavy atom. The highest BCUT2D eigenvalue weighted by Crippen LogP contribution is 2.21. The van der Waals surface area contributed by atoms with Gasteiger partial charge in [0.25, 0.3) is 5.56 Å². The van der Waals surface area contributed by atoms with E-state index in [1.165, 1.54) is 0 Å². The maximum absolute atomic E-state index is 12.0. The standard InChI is InChI=1S/C15H20N2O2S/c1-11(8-9-20(3)19)16-13-10-15(18)17(2)14-7-5-4-6-12(13)14/h4-7,10-11,16H,8-9H2,1-3H3. The topological polar surface area (TPSA) is 51.1 Å². The van der Waals surface area contributed by atoms with E-state index in [9.17, 15) is 9.00 Å². The van der Waals surface area contributed by atoms with Crippen molar-refractivity contribution < 1.29 is 4.21 Å². The van der Waals surface area contributed by atoms with Crippen molar-refractivity contribution >= 4 is 27.4 Å². The normalized spacial score (nSPS) is 14.2. The summed E-state index contributed by atoms with van der Waals surface area (Å²) in [7, 11) is 0.991.